The molecule has 10 heteroatoms. The Labute approximate surface area is 185 Å². The second-order valence-corrected chi connectivity index (χ2v) is 10.3. The number of piperazine rings is 1. The number of aryl methyl sites for hydroxylation is 1. The van der Waals surface area contributed by atoms with Gasteiger partial charge in [-0.3, -0.25) is 9.69 Å². The van der Waals surface area contributed by atoms with Crippen molar-refractivity contribution in [1.82, 2.24) is 14.2 Å². The smallest absolute Gasteiger partial charge is 0.276 e. The van der Waals surface area contributed by atoms with E-state index in [1.54, 1.807) is 13.0 Å². The summed E-state index contributed by atoms with van der Waals surface area (Å²) in [6.45, 7) is 6.16. The molecule has 0 unspecified atom stereocenters. The van der Waals surface area contributed by atoms with Crippen LogP contribution in [0.5, 0.6) is 0 Å². The van der Waals surface area contributed by atoms with Crippen LogP contribution < -0.4 is 5.32 Å². The normalized spacial score (nSPS) is 15.8. The van der Waals surface area contributed by atoms with Crippen LogP contribution in [-0.2, 0) is 21.4 Å². The molecule has 1 aliphatic rings. The molecule has 4 rings (SSSR count). The molecule has 1 saturated heterocycles. The number of carbonyl (C=O) groups excluding carboxylic acids is 1. The quantitative estimate of drug-likeness (QED) is 0.607. The van der Waals surface area contributed by atoms with Crippen molar-refractivity contribution in [3.63, 3.8) is 0 Å². The Morgan fingerprint density at radius 2 is 1.84 bits per heavy atom. The predicted molar refractivity (Wildman–Crippen MR) is 119 cm³/mol. The van der Waals surface area contributed by atoms with Crippen LogP contribution in [0.3, 0.4) is 0 Å². The van der Waals surface area contributed by atoms with Gasteiger partial charge in [-0.2, -0.15) is 4.31 Å². The number of rotatable bonds is 6. The monoisotopic (exact) mass is 460 g/mol. The largest absolute Gasteiger partial charge is 0.442 e. The number of sulfonamides is 1. The van der Waals surface area contributed by atoms with Gasteiger partial charge in [-0.1, -0.05) is 41.7 Å². The van der Waals surface area contributed by atoms with E-state index in [1.165, 1.54) is 34.2 Å². The lowest BCUT2D eigenvalue weighted by Crippen LogP contribution is -2.48. The second-order valence-electron chi connectivity index (χ2n) is 7.40. The van der Waals surface area contributed by atoms with Crippen LogP contribution in [0.2, 0.25) is 0 Å². The first-order chi connectivity index (χ1) is 14.8. The molecule has 1 amide bonds. The highest BCUT2D eigenvalue weighted by molar-refractivity contribution is 7.89. The first-order valence-electron chi connectivity index (χ1n) is 9.94. The van der Waals surface area contributed by atoms with Crippen molar-refractivity contribution in [3.8, 4) is 10.6 Å². The average Bonchev–Trinajstić information content (AvgIpc) is 3.36. The topological polar surface area (TPSA) is 95.7 Å². The van der Waals surface area contributed by atoms with Crippen LogP contribution in [0.4, 0.5) is 5.13 Å². The number of hydrogen-bond acceptors (Lipinski definition) is 7. The summed E-state index contributed by atoms with van der Waals surface area (Å²) in [7, 11) is -3.72. The van der Waals surface area contributed by atoms with E-state index in [4.69, 9.17) is 4.42 Å². The van der Waals surface area contributed by atoms with Crippen molar-refractivity contribution < 1.29 is 17.6 Å². The molecule has 1 N–H and O–H groups in total. The van der Waals surface area contributed by atoms with Crippen LogP contribution in [0.1, 0.15) is 18.2 Å². The number of aromatic nitrogens is 1. The number of nitrogens with one attached hydrogen (secondary N) is 1. The van der Waals surface area contributed by atoms with Crippen molar-refractivity contribution in [2.45, 2.75) is 25.5 Å². The minimum absolute atomic E-state index is 0.0760. The Morgan fingerprint density at radius 3 is 2.52 bits per heavy atom. The van der Waals surface area contributed by atoms with Crippen LogP contribution in [0, 0.1) is 6.92 Å². The fourth-order valence-corrected chi connectivity index (χ4v) is 5.81. The fraction of sp³-hybridized carbons (Fsp3) is 0.333. The summed E-state index contributed by atoms with van der Waals surface area (Å²) in [5, 5.41) is 3.02. The van der Waals surface area contributed by atoms with E-state index in [0.717, 1.165) is 6.54 Å². The number of nitrogens with zero attached hydrogens (tertiary/aromatic N) is 3. The van der Waals surface area contributed by atoms with Crippen molar-refractivity contribution in [1.29, 1.82) is 0 Å². The highest BCUT2D eigenvalue weighted by Crippen LogP contribution is 2.35. The summed E-state index contributed by atoms with van der Waals surface area (Å²) < 4.78 is 33.3. The van der Waals surface area contributed by atoms with Crippen LogP contribution in [-0.4, -0.2) is 54.7 Å². The van der Waals surface area contributed by atoms with Crippen molar-refractivity contribution in [2.75, 3.05) is 31.5 Å². The molecule has 1 aromatic carbocycles. The SMILES string of the molecule is CC(=O)Nc1nc(C)c(-c2ccc(S(=O)(=O)N3CCN(Cc4ccccc4)CC3)o2)s1. The number of carbonyl (C=O) groups is 1. The molecule has 31 heavy (non-hydrogen) atoms. The van der Waals surface area contributed by atoms with E-state index in [-0.39, 0.29) is 11.0 Å². The number of thiazole rings is 1. The number of amides is 1. The maximum Gasteiger partial charge on any atom is 0.276 e. The third-order valence-electron chi connectivity index (χ3n) is 5.06. The summed E-state index contributed by atoms with van der Waals surface area (Å²) >= 11 is 1.25. The van der Waals surface area contributed by atoms with Gasteiger partial charge < -0.3 is 9.73 Å². The second kappa shape index (κ2) is 8.91. The molecule has 0 bridgehead atoms. The summed E-state index contributed by atoms with van der Waals surface area (Å²) in [5.74, 6) is 0.210. The molecule has 3 heterocycles. The third kappa shape index (κ3) is 4.87. The first-order valence-corrected chi connectivity index (χ1v) is 12.2. The molecule has 1 aliphatic heterocycles. The van der Waals surface area contributed by atoms with Crippen LogP contribution >= 0.6 is 11.3 Å². The van der Waals surface area contributed by atoms with Crippen LogP contribution in [0.15, 0.2) is 52.0 Å². The summed E-state index contributed by atoms with van der Waals surface area (Å²) in [4.78, 5) is 18.5. The summed E-state index contributed by atoms with van der Waals surface area (Å²) in [5.41, 5.74) is 1.88. The Bertz CT molecular complexity index is 1160. The van der Waals surface area contributed by atoms with Gasteiger partial charge in [0.1, 0.15) is 5.76 Å². The van der Waals surface area contributed by atoms with E-state index in [2.05, 4.69) is 27.3 Å². The van der Waals surface area contributed by atoms with E-state index in [1.807, 2.05) is 18.2 Å². The van der Waals surface area contributed by atoms with E-state index < -0.39 is 10.0 Å². The number of hydrogen-bond donors (Lipinski definition) is 1. The van der Waals surface area contributed by atoms with Crippen LogP contribution in [0.25, 0.3) is 10.6 Å². The Hall–Kier alpha value is -2.53. The Kier molecular flexibility index (Phi) is 6.24. The average molecular weight is 461 g/mol. The van der Waals surface area contributed by atoms with E-state index in [0.29, 0.717) is 47.6 Å². The minimum Gasteiger partial charge on any atom is -0.442 e. The van der Waals surface area contributed by atoms with Crippen molar-refractivity contribution in [2.24, 2.45) is 0 Å². The number of benzene rings is 1. The molecular formula is C21H24N4O4S2. The molecule has 8 nitrogen and oxygen atoms in total. The molecular weight excluding hydrogens is 436 g/mol. The molecule has 0 saturated carbocycles. The highest BCUT2D eigenvalue weighted by Gasteiger charge is 2.31. The number of anilines is 1. The highest BCUT2D eigenvalue weighted by atomic mass is 32.2. The summed E-state index contributed by atoms with van der Waals surface area (Å²) in [6, 6.07) is 13.3. The molecule has 0 aliphatic carbocycles. The zero-order valence-electron chi connectivity index (χ0n) is 17.4. The predicted octanol–water partition coefficient (Wildman–Crippen LogP) is 3.18. The molecule has 164 valence electrons. The van der Waals surface area contributed by atoms with Gasteiger partial charge in [0.05, 0.1) is 10.6 Å². The zero-order valence-corrected chi connectivity index (χ0v) is 19.0. The lowest BCUT2D eigenvalue weighted by molar-refractivity contribution is -0.114. The first kappa shape index (κ1) is 21.7. The van der Waals surface area contributed by atoms with Gasteiger partial charge in [-0.25, -0.2) is 13.4 Å². The maximum absolute atomic E-state index is 13.1. The molecule has 1 fully saturated rings. The summed E-state index contributed by atoms with van der Waals surface area (Å²) in [6.07, 6.45) is 0. The zero-order chi connectivity index (χ0) is 22.0. The molecule has 2 aromatic heterocycles. The lowest BCUT2D eigenvalue weighted by atomic mass is 10.2. The standard InChI is InChI=1S/C21H24N4O4S2/c1-15-20(30-21(22-15)23-16(2)26)18-8-9-19(29-18)31(27,28)25-12-10-24(11-13-25)14-17-6-4-3-5-7-17/h3-9H,10-14H2,1-2H3,(H,22,23,26). The van der Waals surface area contributed by atoms with Crippen molar-refractivity contribution in [3.05, 3.63) is 53.7 Å². The van der Waals surface area contributed by atoms with Gasteiger partial charge in [0, 0.05) is 39.6 Å². The molecule has 0 radical (unpaired) electrons. The third-order valence-corrected chi connectivity index (χ3v) is 7.92. The van der Waals surface area contributed by atoms with E-state index >= 15 is 0 Å². The minimum atomic E-state index is -3.72. The van der Waals surface area contributed by atoms with Gasteiger partial charge in [0.2, 0.25) is 11.0 Å². The number of furan rings is 1. The molecule has 0 spiro atoms. The molecule has 0 atom stereocenters. The Morgan fingerprint density at radius 1 is 1.13 bits per heavy atom. The fourth-order valence-electron chi connectivity index (χ4n) is 3.51. The van der Waals surface area contributed by atoms with Gasteiger partial charge in [0.25, 0.3) is 10.0 Å². The molecule has 3 aromatic rings. The lowest BCUT2D eigenvalue weighted by Gasteiger charge is -2.33. The van der Waals surface area contributed by atoms with Crippen molar-refractivity contribution >= 4 is 32.4 Å². The Balaban J connectivity index is 1.44. The van der Waals surface area contributed by atoms with Gasteiger partial charge in [0.15, 0.2) is 5.13 Å². The van der Waals surface area contributed by atoms with Gasteiger partial charge >= 0.3 is 0 Å². The van der Waals surface area contributed by atoms with Gasteiger partial charge in [-0.15, -0.1) is 0 Å². The maximum atomic E-state index is 13.1. The van der Waals surface area contributed by atoms with E-state index in [9.17, 15) is 13.2 Å². The van der Waals surface area contributed by atoms with Gasteiger partial charge in [-0.05, 0) is 24.6 Å².